The molecule has 1 aliphatic rings. The first-order valence-electron chi connectivity index (χ1n) is 7.76. The van der Waals surface area contributed by atoms with E-state index in [9.17, 15) is 18.0 Å². The third-order valence-corrected chi connectivity index (χ3v) is 5.72. The molecule has 2 nitrogen and oxygen atoms in total. The molecule has 0 aliphatic carbocycles. The molecule has 1 amide bonds. The average Bonchev–Trinajstić information content (AvgIpc) is 2.82. The Balaban J connectivity index is 1.75. The second kappa shape index (κ2) is 7.70. The summed E-state index contributed by atoms with van der Waals surface area (Å²) in [4.78, 5) is 14.2. The summed E-state index contributed by atoms with van der Waals surface area (Å²) < 4.78 is 40.6. The maximum Gasteiger partial charge on any atom is 0.255 e. The fourth-order valence-electron chi connectivity index (χ4n) is 2.82. The van der Waals surface area contributed by atoms with Gasteiger partial charge in [-0.1, -0.05) is 11.6 Å². The quantitative estimate of drug-likeness (QED) is 0.718. The van der Waals surface area contributed by atoms with E-state index in [2.05, 4.69) is 0 Å². The lowest BCUT2D eigenvalue weighted by Gasteiger charge is -2.21. The topological polar surface area (TPSA) is 20.3 Å². The first-order valence-corrected chi connectivity index (χ1v) is 9.19. The van der Waals surface area contributed by atoms with Crippen LogP contribution in [0.5, 0.6) is 0 Å². The van der Waals surface area contributed by atoms with E-state index in [1.165, 1.54) is 30.0 Å². The number of halogens is 4. The highest BCUT2D eigenvalue weighted by atomic mass is 35.5. The molecule has 2 aromatic carbocycles. The van der Waals surface area contributed by atoms with Crippen LogP contribution in [-0.4, -0.2) is 29.6 Å². The molecule has 3 rings (SSSR count). The lowest BCUT2D eigenvalue weighted by Crippen LogP contribution is -2.33. The monoisotopic (exact) mass is 385 g/mol. The Bertz CT molecular complexity index is 802. The van der Waals surface area contributed by atoms with Gasteiger partial charge in [-0.05, 0) is 42.8 Å². The van der Waals surface area contributed by atoms with E-state index in [1.54, 1.807) is 4.90 Å². The SMILES string of the molecule is O=C(c1ccc(F)cc1Cl)N1CCSC(c2cc(F)ccc2F)CC1. The molecule has 0 radical (unpaired) electrons. The maximum absolute atomic E-state index is 14.0. The van der Waals surface area contributed by atoms with Crippen LogP contribution in [0.3, 0.4) is 0 Å². The highest BCUT2D eigenvalue weighted by Crippen LogP contribution is 2.36. The minimum Gasteiger partial charge on any atom is -0.338 e. The predicted molar refractivity (Wildman–Crippen MR) is 93.5 cm³/mol. The van der Waals surface area contributed by atoms with Crippen molar-refractivity contribution in [2.75, 3.05) is 18.8 Å². The molecule has 1 saturated heterocycles. The van der Waals surface area contributed by atoms with Gasteiger partial charge in [-0.25, -0.2) is 13.2 Å². The highest BCUT2D eigenvalue weighted by molar-refractivity contribution is 7.99. The fourth-order valence-corrected chi connectivity index (χ4v) is 4.31. The average molecular weight is 386 g/mol. The Kier molecular flexibility index (Phi) is 5.59. The Morgan fingerprint density at radius 1 is 1.08 bits per heavy atom. The summed E-state index contributed by atoms with van der Waals surface area (Å²) >= 11 is 7.45. The summed E-state index contributed by atoms with van der Waals surface area (Å²) in [6.45, 7) is 0.852. The van der Waals surface area contributed by atoms with Crippen LogP contribution in [0, 0.1) is 17.5 Å². The second-order valence-corrected chi connectivity index (χ2v) is 7.45. The van der Waals surface area contributed by atoms with Crippen molar-refractivity contribution in [3.05, 3.63) is 70.0 Å². The van der Waals surface area contributed by atoms with Crippen molar-refractivity contribution in [2.45, 2.75) is 11.7 Å². The van der Waals surface area contributed by atoms with Crippen molar-refractivity contribution in [2.24, 2.45) is 0 Å². The van der Waals surface area contributed by atoms with E-state index in [0.29, 0.717) is 30.8 Å². The first-order chi connectivity index (χ1) is 12.0. The fraction of sp³-hybridized carbons (Fsp3) is 0.278. The Morgan fingerprint density at radius 3 is 2.56 bits per heavy atom. The molecule has 0 spiro atoms. The zero-order valence-electron chi connectivity index (χ0n) is 13.1. The standard InChI is InChI=1S/C18H15ClF3NOS/c19-15-10-12(21)1-3-13(15)18(24)23-6-5-17(25-8-7-23)14-9-11(20)2-4-16(14)22/h1-4,9-10,17H,5-8H2. The molecule has 1 fully saturated rings. The van der Waals surface area contributed by atoms with Gasteiger partial charge in [0.2, 0.25) is 0 Å². The van der Waals surface area contributed by atoms with Gasteiger partial charge in [-0.15, -0.1) is 0 Å². The maximum atomic E-state index is 14.0. The van der Waals surface area contributed by atoms with Gasteiger partial charge in [-0.2, -0.15) is 11.8 Å². The molecule has 7 heteroatoms. The van der Waals surface area contributed by atoms with Crippen LogP contribution in [0.15, 0.2) is 36.4 Å². The molecular weight excluding hydrogens is 371 g/mol. The molecule has 0 aromatic heterocycles. The molecule has 0 bridgehead atoms. The lowest BCUT2D eigenvalue weighted by molar-refractivity contribution is 0.0766. The minimum absolute atomic E-state index is 0.0645. The number of carbonyl (C=O) groups is 1. The Hall–Kier alpha value is -1.66. The molecule has 0 N–H and O–H groups in total. The van der Waals surface area contributed by atoms with Crippen molar-refractivity contribution in [3.63, 3.8) is 0 Å². The van der Waals surface area contributed by atoms with E-state index >= 15 is 0 Å². The van der Waals surface area contributed by atoms with Crippen LogP contribution in [0.1, 0.15) is 27.6 Å². The number of rotatable bonds is 2. The van der Waals surface area contributed by atoms with Crippen molar-refractivity contribution < 1.29 is 18.0 Å². The molecule has 0 saturated carbocycles. The number of hydrogen-bond donors (Lipinski definition) is 0. The number of nitrogens with zero attached hydrogens (tertiary/aromatic N) is 1. The smallest absolute Gasteiger partial charge is 0.255 e. The third-order valence-electron chi connectivity index (χ3n) is 4.10. The summed E-state index contributed by atoms with van der Waals surface area (Å²) in [5, 5.41) is -0.160. The first kappa shape index (κ1) is 18.1. The number of carbonyl (C=O) groups excluding carboxylic acids is 1. The van der Waals surface area contributed by atoms with Gasteiger partial charge >= 0.3 is 0 Å². The summed E-state index contributed by atoms with van der Waals surface area (Å²) in [5.74, 6) is -1.13. The molecule has 1 heterocycles. The van der Waals surface area contributed by atoms with Crippen molar-refractivity contribution >= 4 is 29.3 Å². The molecule has 1 unspecified atom stereocenters. The predicted octanol–water partition coefficient (Wildman–Crippen LogP) is 5.08. The van der Waals surface area contributed by atoms with Crippen LogP contribution in [0.2, 0.25) is 5.02 Å². The van der Waals surface area contributed by atoms with Gasteiger partial charge in [0.15, 0.2) is 0 Å². The minimum atomic E-state index is -0.505. The van der Waals surface area contributed by atoms with Crippen LogP contribution >= 0.6 is 23.4 Å². The van der Waals surface area contributed by atoms with Gasteiger partial charge < -0.3 is 4.90 Å². The summed E-state index contributed by atoms with van der Waals surface area (Å²) in [5.41, 5.74) is 0.558. The highest BCUT2D eigenvalue weighted by Gasteiger charge is 2.25. The van der Waals surface area contributed by atoms with Gasteiger partial charge in [0.05, 0.1) is 10.6 Å². The normalized spacial score (nSPS) is 18.1. The number of amides is 1. The molecule has 2 aromatic rings. The van der Waals surface area contributed by atoms with Crippen molar-refractivity contribution in [1.82, 2.24) is 4.90 Å². The van der Waals surface area contributed by atoms with E-state index in [-0.39, 0.29) is 21.7 Å². The van der Waals surface area contributed by atoms with Gasteiger partial charge in [0.25, 0.3) is 5.91 Å². The number of hydrogen-bond acceptors (Lipinski definition) is 2. The molecular formula is C18H15ClF3NOS. The van der Waals surface area contributed by atoms with Crippen molar-refractivity contribution in [1.29, 1.82) is 0 Å². The van der Waals surface area contributed by atoms with Crippen LogP contribution < -0.4 is 0 Å². The molecule has 1 atom stereocenters. The third kappa shape index (κ3) is 4.12. The van der Waals surface area contributed by atoms with Gasteiger partial charge in [0.1, 0.15) is 17.5 Å². The van der Waals surface area contributed by atoms with Crippen LogP contribution in [0.4, 0.5) is 13.2 Å². The second-order valence-electron chi connectivity index (χ2n) is 5.73. The van der Waals surface area contributed by atoms with Crippen molar-refractivity contribution in [3.8, 4) is 0 Å². The largest absolute Gasteiger partial charge is 0.338 e. The molecule has 25 heavy (non-hydrogen) atoms. The zero-order chi connectivity index (χ0) is 18.0. The summed E-state index contributed by atoms with van der Waals surface area (Å²) in [7, 11) is 0. The Labute approximate surface area is 153 Å². The summed E-state index contributed by atoms with van der Waals surface area (Å²) in [6.07, 6.45) is 0.496. The van der Waals surface area contributed by atoms with E-state index in [0.717, 1.165) is 18.2 Å². The van der Waals surface area contributed by atoms with Crippen LogP contribution in [-0.2, 0) is 0 Å². The van der Waals surface area contributed by atoms with Crippen LogP contribution in [0.25, 0.3) is 0 Å². The van der Waals surface area contributed by atoms with Gasteiger partial charge in [-0.3, -0.25) is 4.79 Å². The molecule has 1 aliphatic heterocycles. The zero-order valence-corrected chi connectivity index (χ0v) is 14.7. The van der Waals surface area contributed by atoms with Gasteiger partial charge in [0, 0.05) is 29.7 Å². The number of thioether (sulfide) groups is 1. The van der Waals surface area contributed by atoms with E-state index < -0.39 is 17.5 Å². The van der Waals surface area contributed by atoms with E-state index in [4.69, 9.17) is 11.6 Å². The number of benzene rings is 2. The van der Waals surface area contributed by atoms with E-state index in [1.807, 2.05) is 0 Å². The summed E-state index contributed by atoms with van der Waals surface area (Å²) in [6, 6.07) is 7.08. The molecule has 132 valence electrons. The lowest BCUT2D eigenvalue weighted by atomic mass is 10.1. The Morgan fingerprint density at radius 2 is 1.80 bits per heavy atom.